The van der Waals surface area contributed by atoms with Gasteiger partial charge in [-0.2, -0.15) is 5.10 Å². The van der Waals surface area contributed by atoms with Gasteiger partial charge in [-0.15, -0.1) is 0 Å². The van der Waals surface area contributed by atoms with Crippen molar-refractivity contribution in [2.45, 2.75) is 47.1 Å². The van der Waals surface area contributed by atoms with E-state index in [9.17, 15) is 9.59 Å². The maximum atomic E-state index is 12.5. The highest BCUT2D eigenvalue weighted by atomic mass is 16.6. The topological polar surface area (TPSA) is 82.8 Å². The summed E-state index contributed by atoms with van der Waals surface area (Å²) in [7, 11) is 0. The third-order valence-electron chi connectivity index (χ3n) is 2.83. The molecule has 2 aromatic rings. The molecule has 0 aliphatic rings. The van der Waals surface area contributed by atoms with Crippen LogP contribution in [0.5, 0.6) is 5.75 Å². The number of aromatic nitrogens is 3. The summed E-state index contributed by atoms with van der Waals surface area (Å²) in [6.07, 6.45) is 2.89. The molecule has 0 bridgehead atoms. The SMILES string of the molecule is CC(C)(C)OC(=O)c1c(OC(=O)C(C)(C)C)ccn2ncnc12. The van der Waals surface area contributed by atoms with Gasteiger partial charge in [0.1, 0.15) is 17.5 Å². The number of carbonyl (C=O) groups excluding carboxylic acids is 2. The fraction of sp³-hybridized carbons (Fsp3) is 0.500. The minimum Gasteiger partial charge on any atom is -0.456 e. The zero-order valence-corrected chi connectivity index (χ0v) is 14.2. The molecule has 7 nitrogen and oxygen atoms in total. The quantitative estimate of drug-likeness (QED) is 0.791. The summed E-state index contributed by atoms with van der Waals surface area (Å²) in [6.45, 7) is 10.5. The first kappa shape index (κ1) is 16.9. The number of carbonyl (C=O) groups is 2. The van der Waals surface area contributed by atoms with Crippen molar-refractivity contribution in [1.82, 2.24) is 14.6 Å². The molecule has 0 fully saturated rings. The Bertz CT molecular complexity index is 751. The van der Waals surface area contributed by atoms with Crippen molar-refractivity contribution >= 4 is 17.6 Å². The van der Waals surface area contributed by atoms with Crippen LogP contribution >= 0.6 is 0 Å². The molecule has 0 N–H and O–H groups in total. The van der Waals surface area contributed by atoms with Crippen molar-refractivity contribution in [1.29, 1.82) is 0 Å². The van der Waals surface area contributed by atoms with Crippen LogP contribution in [-0.4, -0.2) is 32.1 Å². The lowest BCUT2D eigenvalue weighted by atomic mass is 9.97. The summed E-state index contributed by atoms with van der Waals surface area (Å²) in [5, 5.41) is 3.98. The second-order valence-corrected chi connectivity index (χ2v) is 7.22. The van der Waals surface area contributed by atoms with Crippen LogP contribution < -0.4 is 4.74 Å². The molecule has 23 heavy (non-hydrogen) atoms. The van der Waals surface area contributed by atoms with Crippen LogP contribution in [0.1, 0.15) is 51.9 Å². The number of nitrogens with zero attached hydrogens (tertiary/aromatic N) is 3. The van der Waals surface area contributed by atoms with Crippen molar-refractivity contribution in [3.8, 4) is 5.75 Å². The molecule has 0 spiro atoms. The van der Waals surface area contributed by atoms with E-state index in [0.717, 1.165) is 0 Å². The zero-order chi connectivity index (χ0) is 17.4. The Morgan fingerprint density at radius 2 is 1.78 bits per heavy atom. The monoisotopic (exact) mass is 319 g/mol. The van der Waals surface area contributed by atoms with E-state index < -0.39 is 23.0 Å². The summed E-state index contributed by atoms with van der Waals surface area (Å²) < 4.78 is 12.2. The Morgan fingerprint density at radius 1 is 1.13 bits per heavy atom. The fourth-order valence-corrected chi connectivity index (χ4v) is 1.73. The van der Waals surface area contributed by atoms with Crippen LogP contribution in [0.4, 0.5) is 0 Å². The third kappa shape index (κ3) is 3.85. The molecule has 0 saturated heterocycles. The lowest BCUT2D eigenvalue weighted by Crippen LogP contribution is -2.28. The normalized spacial score (nSPS) is 12.3. The molecule has 0 aliphatic heterocycles. The van der Waals surface area contributed by atoms with E-state index in [1.165, 1.54) is 16.9 Å². The highest BCUT2D eigenvalue weighted by Gasteiger charge is 2.29. The van der Waals surface area contributed by atoms with Crippen LogP contribution in [0.3, 0.4) is 0 Å². The maximum absolute atomic E-state index is 12.5. The second kappa shape index (κ2) is 5.64. The highest BCUT2D eigenvalue weighted by Crippen LogP contribution is 2.27. The molecule has 0 aromatic carbocycles. The standard InChI is InChI=1S/C16H21N3O4/c1-15(2,3)14(21)22-10-7-8-19-12(17-9-18-19)11(10)13(20)23-16(4,5)6/h7-9H,1-6H3. The van der Waals surface area contributed by atoms with Gasteiger partial charge in [-0.3, -0.25) is 4.79 Å². The summed E-state index contributed by atoms with van der Waals surface area (Å²) in [4.78, 5) is 28.7. The molecule has 2 heterocycles. The van der Waals surface area contributed by atoms with Crippen molar-refractivity contribution in [3.05, 3.63) is 24.2 Å². The van der Waals surface area contributed by atoms with Crippen LogP contribution in [0.25, 0.3) is 5.65 Å². The number of ether oxygens (including phenoxy) is 2. The summed E-state index contributed by atoms with van der Waals surface area (Å²) in [5.41, 5.74) is -1.03. The molecule has 0 unspecified atom stereocenters. The van der Waals surface area contributed by atoms with E-state index in [2.05, 4.69) is 10.1 Å². The molecule has 2 aromatic heterocycles. The van der Waals surface area contributed by atoms with Crippen molar-refractivity contribution < 1.29 is 19.1 Å². The van der Waals surface area contributed by atoms with Crippen LogP contribution in [-0.2, 0) is 9.53 Å². The lowest BCUT2D eigenvalue weighted by Gasteiger charge is -2.21. The molecule has 2 rings (SSSR count). The molecular formula is C16H21N3O4. The van der Waals surface area contributed by atoms with E-state index in [1.54, 1.807) is 47.7 Å². The van der Waals surface area contributed by atoms with Gasteiger partial charge in [0.2, 0.25) is 0 Å². The average molecular weight is 319 g/mol. The Kier molecular flexibility index (Phi) is 4.15. The summed E-state index contributed by atoms with van der Waals surface area (Å²) in [5.74, 6) is -0.960. The minimum atomic E-state index is -0.703. The van der Waals surface area contributed by atoms with Gasteiger partial charge >= 0.3 is 11.9 Å². The molecular weight excluding hydrogens is 298 g/mol. The molecule has 0 amide bonds. The maximum Gasteiger partial charge on any atom is 0.346 e. The molecule has 0 atom stereocenters. The van der Waals surface area contributed by atoms with Gasteiger partial charge in [-0.1, -0.05) is 0 Å². The Morgan fingerprint density at radius 3 is 2.35 bits per heavy atom. The fourth-order valence-electron chi connectivity index (χ4n) is 1.73. The number of esters is 2. The van der Waals surface area contributed by atoms with E-state index in [-0.39, 0.29) is 17.0 Å². The van der Waals surface area contributed by atoms with Crippen molar-refractivity contribution in [3.63, 3.8) is 0 Å². The first-order chi connectivity index (χ1) is 10.5. The minimum absolute atomic E-state index is 0.0810. The molecule has 0 saturated carbocycles. The summed E-state index contributed by atoms with van der Waals surface area (Å²) in [6, 6.07) is 1.50. The summed E-state index contributed by atoms with van der Waals surface area (Å²) >= 11 is 0. The number of pyridine rings is 1. The molecule has 124 valence electrons. The van der Waals surface area contributed by atoms with Gasteiger partial charge < -0.3 is 9.47 Å². The van der Waals surface area contributed by atoms with E-state index in [0.29, 0.717) is 0 Å². The predicted octanol–water partition coefficient (Wildman–Crippen LogP) is 2.64. The Balaban J connectivity index is 2.50. The number of fused-ring (bicyclic) bond motifs is 1. The Labute approximate surface area is 134 Å². The Hall–Kier alpha value is -2.44. The van der Waals surface area contributed by atoms with Gasteiger partial charge in [0.15, 0.2) is 11.4 Å². The third-order valence-corrected chi connectivity index (χ3v) is 2.83. The zero-order valence-electron chi connectivity index (χ0n) is 14.2. The molecule has 0 aliphatic carbocycles. The van der Waals surface area contributed by atoms with E-state index >= 15 is 0 Å². The van der Waals surface area contributed by atoms with Gasteiger partial charge in [0.05, 0.1) is 5.41 Å². The molecule has 0 radical (unpaired) electrons. The second-order valence-electron chi connectivity index (χ2n) is 7.22. The van der Waals surface area contributed by atoms with Gasteiger partial charge in [0.25, 0.3) is 0 Å². The van der Waals surface area contributed by atoms with Crippen LogP contribution in [0, 0.1) is 5.41 Å². The number of hydrogen-bond acceptors (Lipinski definition) is 6. The molecule has 7 heteroatoms. The van der Waals surface area contributed by atoms with E-state index in [4.69, 9.17) is 9.47 Å². The van der Waals surface area contributed by atoms with E-state index in [1.807, 2.05) is 0 Å². The van der Waals surface area contributed by atoms with Crippen LogP contribution in [0.2, 0.25) is 0 Å². The van der Waals surface area contributed by atoms with Gasteiger partial charge in [0, 0.05) is 12.3 Å². The van der Waals surface area contributed by atoms with Crippen LogP contribution in [0.15, 0.2) is 18.6 Å². The number of rotatable bonds is 2. The number of hydrogen-bond donors (Lipinski definition) is 0. The van der Waals surface area contributed by atoms with Crippen molar-refractivity contribution in [2.24, 2.45) is 5.41 Å². The predicted molar refractivity (Wildman–Crippen MR) is 83.2 cm³/mol. The first-order valence-corrected chi connectivity index (χ1v) is 7.27. The van der Waals surface area contributed by atoms with Crippen molar-refractivity contribution in [2.75, 3.05) is 0 Å². The smallest absolute Gasteiger partial charge is 0.346 e. The van der Waals surface area contributed by atoms with Gasteiger partial charge in [-0.05, 0) is 41.5 Å². The largest absolute Gasteiger partial charge is 0.456 e. The average Bonchev–Trinajstić information content (AvgIpc) is 2.82. The lowest BCUT2D eigenvalue weighted by molar-refractivity contribution is -0.143. The van der Waals surface area contributed by atoms with Gasteiger partial charge in [-0.25, -0.2) is 14.3 Å². The highest BCUT2D eigenvalue weighted by molar-refractivity contribution is 5.99. The first-order valence-electron chi connectivity index (χ1n) is 7.27.